The van der Waals surface area contributed by atoms with Crippen molar-refractivity contribution in [3.05, 3.63) is 76.9 Å². The van der Waals surface area contributed by atoms with E-state index in [1.54, 1.807) is 6.07 Å². The summed E-state index contributed by atoms with van der Waals surface area (Å²) in [4.78, 5) is 14.4. The van der Waals surface area contributed by atoms with Crippen LogP contribution >= 0.6 is 0 Å². The summed E-state index contributed by atoms with van der Waals surface area (Å²) in [6, 6.07) is 14.7. The lowest BCUT2D eigenvalue weighted by molar-refractivity contribution is -0.00539. The molecule has 2 unspecified atom stereocenters. The van der Waals surface area contributed by atoms with Gasteiger partial charge in [0.25, 0.3) is 0 Å². The molecule has 1 aromatic heterocycles. The number of aromatic nitrogens is 2. The third-order valence-corrected chi connectivity index (χ3v) is 6.09. The highest BCUT2D eigenvalue weighted by molar-refractivity contribution is 5.74. The molecule has 7 nitrogen and oxygen atoms in total. The number of halogens is 1. The average Bonchev–Trinajstić information content (AvgIpc) is 3.09. The Balaban J connectivity index is 1.32. The van der Waals surface area contributed by atoms with E-state index in [0.717, 1.165) is 22.6 Å². The SMILES string of the molecule is Cc1nn(-c2ccccc2)c(C)c1CNC(=O)NCc1ccc(N2CC(C)OC(C)C2)c(F)c1. The molecule has 0 radical (unpaired) electrons. The van der Waals surface area contributed by atoms with Crippen LogP contribution in [0.4, 0.5) is 14.9 Å². The molecule has 4 rings (SSSR count). The van der Waals surface area contributed by atoms with Gasteiger partial charge >= 0.3 is 6.03 Å². The molecule has 1 aliphatic heterocycles. The minimum Gasteiger partial charge on any atom is -0.372 e. The predicted octanol–water partition coefficient (Wildman–Crippen LogP) is 4.24. The van der Waals surface area contributed by atoms with E-state index in [-0.39, 0.29) is 30.6 Å². The van der Waals surface area contributed by atoms with Crippen LogP contribution < -0.4 is 15.5 Å². The number of para-hydroxylation sites is 1. The van der Waals surface area contributed by atoms with Gasteiger partial charge in [-0.1, -0.05) is 24.3 Å². The van der Waals surface area contributed by atoms with Gasteiger partial charge in [-0.15, -0.1) is 0 Å². The molecule has 0 bridgehead atoms. The molecule has 8 heteroatoms. The topological polar surface area (TPSA) is 71.4 Å². The second kappa shape index (κ2) is 10.3. The fourth-order valence-electron chi connectivity index (χ4n) is 4.46. The lowest BCUT2D eigenvalue weighted by Gasteiger charge is -2.37. The number of aryl methyl sites for hydroxylation is 1. The van der Waals surface area contributed by atoms with Crippen LogP contribution in [0.3, 0.4) is 0 Å². The quantitative estimate of drug-likeness (QED) is 0.571. The van der Waals surface area contributed by atoms with Crippen LogP contribution in [-0.4, -0.2) is 41.1 Å². The first-order valence-electron chi connectivity index (χ1n) is 11.6. The molecule has 34 heavy (non-hydrogen) atoms. The van der Waals surface area contributed by atoms with Crippen LogP contribution in [0.25, 0.3) is 5.69 Å². The molecule has 2 N–H and O–H groups in total. The van der Waals surface area contributed by atoms with Crippen LogP contribution in [0.2, 0.25) is 0 Å². The van der Waals surface area contributed by atoms with Gasteiger partial charge in [-0.2, -0.15) is 5.10 Å². The number of urea groups is 1. The lowest BCUT2D eigenvalue weighted by Crippen LogP contribution is -2.45. The highest BCUT2D eigenvalue weighted by atomic mass is 19.1. The van der Waals surface area contributed by atoms with E-state index in [1.807, 2.05) is 73.7 Å². The van der Waals surface area contributed by atoms with Gasteiger partial charge in [0.15, 0.2) is 0 Å². The summed E-state index contributed by atoms with van der Waals surface area (Å²) in [6.45, 7) is 9.81. The van der Waals surface area contributed by atoms with Gasteiger partial charge in [0.05, 0.1) is 29.3 Å². The zero-order valence-corrected chi connectivity index (χ0v) is 20.1. The predicted molar refractivity (Wildman–Crippen MR) is 131 cm³/mol. The molecule has 1 fully saturated rings. The normalized spacial score (nSPS) is 18.1. The highest BCUT2D eigenvalue weighted by Gasteiger charge is 2.24. The molecule has 2 heterocycles. The molecule has 1 saturated heterocycles. The van der Waals surface area contributed by atoms with E-state index in [1.165, 1.54) is 6.07 Å². The second-order valence-corrected chi connectivity index (χ2v) is 8.88. The van der Waals surface area contributed by atoms with Crippen molar-refractivity contribution in [1.82, 2.24) is 20.4 Å². The summed E-state index contributed by atoms with van der Waals surface area (Å²) in [5.74, 6) is -0.291. The largest absolute Gasteiger partial charge is 0.372 e. The summed E-state index contributed by atoms with van der Waals surface area (Å²) in [6.07, 6.45) is 0.112. The number of anilines is 1. The van der Waals surface area contributed by atoms with Gasteiger partial charge in [0.2, 0.25) is 0 Å². The zero-order valence-electron chi connectivity index (χ0n) is 20.1. The van der Waals surface area contributed by atoms with E-state index in [4.69, 9.17) is 4.74 Å². The van der Waals surface area contributed by atoms with Crippen molar-refractivity contribution in [3.8, 4) is 5.69 Å². The molecular formula is C26H32FN5O2. The Labute approximate surface area is 199 Å². The maximum absolute atomic E-state index is 14.8. The molecule has 3 aromatic rings. The Kier molecular flexibility index (Phi) is 7.17. The van der Waals surface area contributed by atoms with Crippen molar-refractivity contribution < 1.29 is 13.9 Å². The van der Waals surface area contributed by atoms with Gasteiger partial charge in [0, 0.05) is 37.4 Å². The number of hydrogen-bond donors (Lipinski definition) is 2. The van der Waals surface area contributed by atoms with E-state index < -0.39 is 0 Å². The molecule has 180 valence electrons. The number of ether oxygens (including phenoxy) is 1. The van der Waals surface area contributed by atoms with E-state index >= 15 is 0 Å². The number of nitrogens with zero attached hydrogens (tertiary/aromatic N) is 3. The van der Waals surface area contributed by atoms with Crippen molar-refractivity contribution in [2.45, 2.75) is 53.0 Å². The summed E-state index contributed by atoms with van der Waals surface area (Å²) in [7, 11) is 0. The standard InChI is InChI=1S/C26H32FN5O2/c1-17-15-31(16-18(2)34-17)25-11-10-21(12-24(25)27)13-28-26(33)29-14-23-19(3)30-32(20(23)4)22-8-6-5-7-9-22/h5-12,17-18H,13-16H2,1-4H3,(H2,28,29,33). The van der Waals surface area contributed by atoms with Crippen LogP contribution in [-0.2, 0) is 17.8 Å². The van der Waals surface area contributed by atoms with Gasteiger partial charge in [-0.25, -0.2) is 13.9 Å². The molecule has 0 spiro atoms. The molecule has 0 saturated carbocycles. The minimum absolute atomic E-state index is 0.0558. The summed E-state index contributed by atoms with van der Waals surface area (Å²) in [5.41, 5.74) is 5.07. The Bertz CT molecular complexity index is 1140. The Hall–Kier alpha value is -3.39. The van der Waals surface area contributed by atoms with Crippen LogP contribution in [0.1, 0.15) is 36.4 Å². The number of amides is 2. The van der Waals surface area contributed by atoms with E-state index in [2.05, 4.69) is 15.7 Å². The third-order valence-electron chi connectivity index (χ3n) is 6.09. The van der Waals surface area contributed by atoms with Crippen molar-refractivity contribution in [1.29, 1.82) is 0 Å². The maximum Gasteiger partial charge on any atom is 0.315 e. The average molecular weight is 466 g/mol. The monoisotopic (exact) mass is 465 g/mol. The second-order valence-electron chi connectivity index (χ2n) is 8.88. The first-order chi connectivity index (χ1) is 16.3. The number of morpholine rings is 1. The van der Waals surface area contributed by atoms with Gasteiger partial charge < -0.3 is 20.3 Å². The summed E-state index contributed by atoms with van der Waals surface area (Å²) < 4.78 is 22.4. The zero-order chi connectivity index (χ0) is 24.2. The fraction of sp³-hybridized carbons (Fsp3) is 0.385. The maximum atomic E-state index is 14.8. The van der Waals surface area contributed by atoms with Gasteiger partial charge in [-0.05, 0) is 57.5 Å². The van der Waals surface area contributed by atoms with Crippen molar-refractivity contribution >= 4 is 11.7 Å². The minimum atomic E-state index is -0.313. The molecule has 2 atom stereocenters. The summed E-state index contributed by atoms with van der Waals surface area (Å²) >= 11 is 0. The van der Waals surface area contributed by atoms with Crippen molar-refractivity contribution in [3.63, 3.8) is 0 Å². The first-order valence-corrected chi connectivity index (χ1v) is 11.6. The number of nitrogens with one attached hydrogen (secondary N) is 2. The fourth-order valence-corrected chi connectivity index (χ4v) is 4.46. The molecule has 2 aromatic carbocycles. The Morgan fingerprint density at radius 3 is 2.41 bits per heavy atom. The summed E-state index contributed by atoms with van der Waals surface area (Å²) in [5, 5.41) is 10.3. The number of rotatable bonds is 6. The number of carbonyl (C=O) groups excluding carboxylic acids is 1. The third kappa shape index (κ3) is 5.39. The first kappa shape index (κ1) is 23.8. The smallest absolute Gasteiger partial charge is 0.315 e. The van der Waals surface area contributed by atoms with Gasteiger partial charge in [0.1, 0.15) is 5.82 Å². The Morgan fingerprint density at radius 2 is 1.74 bits per heavy atom. The van der Waals surface area contributed by atoms with Crippen molar-refractivity contribution in [2.24, 2.45) is 0 Å². The van der Waals surface area contributed by atoms with Gasteiger partial charge in [-0.3, -0.25) is 0 Å². The van der Waals surface area contributed by atoms with E-state index in [9.17, 15) is 9.18 Å². The molecular weight excluding hydrogens is 433 g/mol. The number of hydrogen-bond acceptors (Lipinski definition) is 4. The Morgan fingerprint density at radius 1 is 1.06 bits per heavy atom. The highest BCUT2D eigenvalue weighted by Crippen LogP contribution is 2.24. The molecule has 1 aliphatic rings. The van der Waals surface area contributed by atoms with Crippen molar-refractivity contribution in [2.75, 3.05) is 18.0 Å². The lowest BCUT2D eigenvalue weighted by atomic mass is 10.1. The molecule has 2 amide bonds. The van der Waals surface area contributed by atoms with Crippen LogP contribution in [0.5, 0.6) is 0 Å². The number of benzene rings is 2. The van der Waals surface area contributed by atoms with E-state index in [0.29, 0.717) is 30.9 Å². The van der Waals surface area contributed by atoms with Crippen LogP contribution in [0, 0.1) is 19.7 Å². The van der Waals surface area contributed by atoms with Crippen LogP contribution in [0.15, 0.2) is 48.5 Å². The molecule has 0 aliphatic carbocycles. The number of carbonyl (C=O) groups is 1.